The van der Waals surface area contributed by atoms with Crippen LogP contribution in [0.3, 0.4) is 0 Å². The fourth-order valence-electron chi connectivity index (χ4n) is 2.01. The average Bonchev–Trinajstić information content (AvgIpc) is 2.42. The molecule has 0 aromatic heterocycles. The zero-order valence-corrected chi connectivity index (χ0v) is 12.9. The Morgan fingerprint density at radius 1 is 1.20 bits per heavy atom. The van der Waals surface area contributed by atoms with Crippen LogP contribution >= 0.6 is 15.9 Å². The van der Waals surface area contributed by atoms with Gasteiger partial charge in [0, 0.05) is 0 Å². The van der Waals surface area contributed by atoms with Gasteiger partial charge < -0.3 is 10.5 Å². The van der Waals surface area contributed by atoms with E-state index in [4.69, 9.17) is 10.5 Å². The van der Waals surface area contributed by atoms with Crippen LogP contribution in [-0.2, 0) is 13.0 Å². The summed E-state index contributed by atoms with van der Waals surface area (Å²) >= 11 is 3.48. The van der Waals surface area contributed by atoms with Crippen molar-refractivity contribution in [2.24, 2.45) is 5.73 Å². The van der Waals surface area contributed by atoms with Crippen molar-refractivity contribution in [3.8, 4) is 5.75 Å². The largest absolute Gasteiger partial charge is 0.487 e. The summed E-state index contributed by atoms with van der Waals surface area (Å²) < 4.78 is 20.0. The highest BCUT2D eigenvalue weighted by molar-refractivity contribution is 9.10. The fourth-order valence-corrected chi connectivity index (χ4v) is 2.53. The second kappa shape index (κ2) is 6.86. The van der Waals surface area contributed by atoms with Crippen LogP contribution in [0.2, 0.25) is 0 Å². The second-order valence-electron chi connectivity index (χ2n) is 4.63. The normalized spacial score (nSPS) is 10.6. The zero-order valence-electron chi connectivity index (χ0n) is 11.3. The van der Waals surface area contributed by atoms with E-state index >= 15 is 0 Å². The lowest BCUT2D eigenvalue weighted by Gasteiger charge is -2.14. The molecule has 4 heteroatoms. The van der Waals surface area contributed by atoms with Gasteiger partial charge in [0.1, 0.15) is 18.2 Å². The van der Waals surface area contributed by atoms with E-state index in [0.717, 1.165) is 33.3 Å². The molecule has 0 amide bonds. The Morgan fingerprint density at radius 2 is 2.00 bits per heavy atom. The van der Waals surface area contributed by atoms with Gasteiger partial charge in [0.15, 0.2) is 0 Å². The van der Waals surface area contributed by atoms with E-state index in [9.17, 15) is 4.39 Å². The quantitative estimate of drug-likeness (QED) is 0.895. The van der Waals surface area contributed by atoms with Crippen molar-refractivity contribution in [3.63, 3.8) is 0 Å². The average molecular weight is 338 g/mol. The molecule has 0 aliphatic carbocycles. The van der Waals surface area contributed by atoms with Crippen LogP contribution in [-0.4, -0.2) is 6.54 Å². The monoisotopic (exact) mass is 337 g/mol. The van der Waals surface area contributed by atoms with Crippen LogP contribution in [0, 0.1) is 12.7 Å². The van der Waals surface area contributed by atoms with Gasteiger partial charge >= 0.3 is 0 Å². The summed E-state index contributed by atoms with van der Waals surface area (Å²) in [4.78, 5) is 0. The highest BCUT2D eigenvalue weighted by Gasteiger charge is 2.09. The number of ether oxygens (including phenoxy) is 1. The Morgan fingerprint density at radius 3 is 2.75 bits per heavy atom. The molecule has 2 rings (SSSR count). The molecule has 0 aliphatic rings. The third-order valence-corrected chi connectivity index (χ3v) is 3.77. The molecule has 0 spiro atoms. The van der Waals surface area contributed by atoms with Gasteiger partial charge in [-0.2, -0.15) is 0 Å². The van der Waals surface area contributed by atoms with Crippen LogP contribution in [0.1, 0.15) is 16.7 Å². The van der Waals surface area contributed by atoms with E-state index in [1.165, 1.54) is 12.1 Å². The summed E-state index contributed by atoms with van der Waals surface area (Å²) in [5.74, 6) is 0.533. The van der Waals surface area contributed by atoms with Gasteiger partial charge in [-0.05, 0) is 70.7 Å². The number of nitrogens with two attached hydrogens (primary N) is 1. The maximum Gasteiger partial charge on any atom is 0.137 e. The summed E-state index contributed by atoms with van der Waals surface area (Å²) in [5, 5.41) is 0. The molecular weight excluding hydrogens is 321 g/mol. The molecule has 0 unspecified atom stereocenters. The van der Waals surface area contributed by atoms with E-state index in [2.05, 4.69) is 15.9 Å². The molecule has 20 heavy (non-hydrogen) atoms. The van der Waals surface area contributed by atoms with Gasteiger partial charge in [0.05, 0.1) is 4.47 Å². The first-order valence-corrected chi connectivity index (χ1v) is 7.26. The molecule has 0 heterocycles. The van der Waals surface area contributed by atoms with E-state index in [-0.39, 0.29) is 5.82 Å². The van der Waals surface area contributed by atoms with Crippen molar-refractivity contribution < 1.29 is 9.13 Å². The van der Waals surface area contributed by atoms with Gasteiger partial charge in [-0.15, -0.1) is 0 Å². The first-order valence-electron chi connectivity index (χ1n) is 6.47. The van der Waals surface area contributed by atoms with Gasteiger partial charge in [-0.25, -0.2) is 4.39 Å². The third-order valence-electron chi connectivity index (χ3n) is 3.15. The molecule has 106 valence electrons. The summed E-state index contributed by atoms with van der Waals surface area (Å²) in [5.41, 5.74) is 8.52. The first kappa shape index (κ1) is 15.0. The minimum absolute atomic E-state index is 0.247. The smallest absolute Gasteiger partial charge is 0.137 e. The molecule has 0 aliphatic heterocycles. The molecule has 2 aromatic rings. The van der Waals surface area contributed by atoms with E-state index in [1.807, 2.05) is 25.1 Å². The Kier molecular flexibility index (Phi) is 5.15. The predicted molar refractivity (Wildman–Crippen MR) is 82.4 cm³/mol. The number of aryl methyl sites for hydroxylation is 1. The van der Waals surface area contributed by atoms with Gasteiger partial charge in [0.2, 0.25) is 0 Å². The Balaban J connectivity index is 2.20. The van der Waals surface area contributed by atoms with Gasteiger partial charge in [0.25, 0.3) is 0 Å². The standard InChI is InChI=1S/C16H17BrFNO/c1-11-5-6-14(18)9-13(11)10-20-16-12(7-8-19)3-2-4-15(16)17/h2-6,9H,7-8,10,19H2,1H3. The molecule has 0 fully saturated rings. The molecule has 2 aromatic carbocycles. The Bertz CT molecular complexity index is 601. The van der Waals surface area contributed by atoms with Crippen LogP contribution in [0.15, 0.2) is 40.9 Å². The molecule has 2 N–H and O–H groups in total. The topological polar surface area (TPSA) is 35.2 Å². The Labute approximate surface area is 126 Å². The third kappa shape index (κ3) is 3.58. The second-order valence-corrected chi connectivity index (χ2v) is 5.48. The van der Waals surface area contributed by atoms with Crippen molar-refractivity contribution in [3.05, 3.63) is 63.4 Å². The number of halogens is 2. The summed E-state index contributed by atoms with van der Waals surface area (Å²) in [6, 6.07) is 10.6. The van der Waals surface area contributed by atoms with E-state index in [1.54, 1.807) is 6.07 Å². The van der Waals surface area contributed by atoms with Crippen LogP contribution in [0.4, 0.5) is 4.39 Å². The van der Waals surface area contributed by atoms with Crippen molar-refractivity contribution in [1.82, 2.24) is 0 Å². The lowest BCUT2D eigenvalue weighted by atomic mass is 10.1. The first-order chi connectivity index (χ1) is 9.61. The highest BCUT2D eigenvalue weighted by atomic mass is 79.9. The van der Waals surface area contributed by atoms with Crippen molar-refractivity contribution in [2.75, 3.05) is 6.54 Å². The molecule has 2 nitrogen and oxygen atoms in total. The molecule has 0 saturated heterocycles. The van der Waals surface area contributed by atoms with Gasteiger partial charge in [-0.3, -0.25) is 0 Å². The number of benzene rings is 2. The number of para-hydroxylation sites is 1. The van der Waals surface area contributed by atoms with Crippen molar-refractivity contribution in [2.45, 2.75) is 20.0 Å². The summed E-state index contributed by atoms with van der Waals surface area (Å²) in [6.45, 7) is 2.84. The number of hydrogen-bond acceptors (Lipinski definition) is 2. The lowest BCUT2D eigenvalue weighted by molar-refractivity contribution is 0.299. The van der Waals surface area contributed by atoms with Crippen LogP contribution < -0.4 is 10.5 Å². The molecule has 0 radical (unpaired) electrons. The minimum Gasteiger partial charge on any atom is -0.487 e. The Hall–Kier alpha value is -1.39. The zero-order chi connectivity index (χ0) is 14.5. The molecule has 0 atom stereocenters. The van der Waals surface area contributed by atoms with E-state index < -0.39 is 0 Å². The predicted octanol–water partition coefficient (Wildman–Crippen LogP) is 3.98. The summed E-state index contributed by atoms with van der Waals surface area (Å²) in [6.07, 6.45) is 0.747. The number of rotatable bonds is 5. The van der Waals surface area contributed by atoms with Crippen LogP contribution in [0.25, 0.3) is 0 Å². The minimum atomic E-state index is -0.247. The SMILES string of the molecule is Cc1ccc(F)cc1COc1c(Br)cccc1CCN. The number of hydrogen-bond donors (Lipinski definition) is 1. The van der Waals surface area contributed by atoms with Crippen molar-refractivity contribution >= 4 is 15.9 Å². The maximum absolute atomic E-state index is 13.3. The van der Waals surface area contributed by atoms with Crippen molar-refractivity contribution in [1.29, 1.82) is 0 Å². The molecular formula is C16H17BrFNO. The lowest BCUT2D eigenvalue weighted by Crippen LogP contribution is -2.06. The summed E-state index contributed by atoms with van der Waals surface area (Å²) in [7, 11) is 0. The van der Waals surface area contributed by atoms with Gasteiger partial charge in [-0.1, -0.05) is 18.2 Å². The highest BCUT2D eigenvalue weighted by Crippen LogP contribution is 2.30. The molecule has 0 saturated carbocycles. The molecule has 0 bridgehead atoms. The van der Waals surface area contributed by atoms with E-state index in [0.29, 0.717) is 13.2 Å². The fraction of sp³-hybridized carbons (Fsp3) is 0.250. The maximum atomic E-state index is 13.3. The van der Waals surface area contributed by atoms with Crippen LogP contribution in [0.5, 0.6) is 5.75 Å².